The van der Waals surface area contributed by atoms with Crippen molar-refractivity contribution in [3.05, 3.63) is 72.2 Å². The van der Waals surface area contributed by atoms with Gasteiger partial charge in [-0.15, -0.1) is 0 Å². The molecule has 0 saturated carbocycles. The smallest absolute Gasteiger partial charge is 0.262 e. The summed E-state index contributed by atoms with van der Waals surface area (Å²) in [5.74, 6) is 0.209. The molecular weight excluding hydrogens is 460 g/mol. The van der Waals surface area contributed by atoms with Crippen LogP contribution in [-0.4, -0.2) is 72.6 Å². The van der Waals surface area contributed by atoms with Gasteiger partial charge in [0.05, 0.1) is 12.9 Å². The van der Waals surface area contributed by atoms with Crippen molar-refractivity contribution in [2.75, 3.05) is 33.4 Å². The van der Waals surface area contributed by atoms with Crippen molar-refractivity contribution in [3.8, 4) is 11.1 Å². The van der Waals surface area contributed by atoms with Crippen LogP contribution in [0.2, 0.25) is 0 Å². The van der Waals surface area contributed by atoms with Gasteiger partial charge in [-0.1, -0.05) is 54.1 Å². The van der Waals surface area contributed by atoms with Crippen LogP contribution < -0.4 is 0 Å². The van der Waals surface area contributed by atoms with E-state index >= 15 is 0 Å². The number of aromatic nitrogens is 2. The SMILES string of the molecule is COC[C@@H]1[C@@H](c2ccc(-c3cccc(C)c3)cc2)[C@@H]2CN(S(=O)(=O)c3cn(C)cn3)CCCCN12. The predicted octanol–water partition coefficient (Wildman–Crippen LogP) is 3.66. The number of hydrogen-bond donors (Lipinski definition) is 0. The lowest BCUT2D eigenvalue weighted by Gasteiger charge is -2.57. The molecule has 2 fully saturated rings. The first-order valence-corrected chi connectivity index (χ1v) is 13.7. The predicted molar refractivity (Wildman–Crippen MR) is 137 cm³/mol. The summed E-state index contributed by atoms with van der Waals surface area (Å²) in [7, 11) is -0.108. The molecule has 2 aromatic carbocycles. The van der Waals surface area contributed by atoms with Crippen LogP contribution in [0.5, 0.6) is 0 Å². The fraction of sp³-hybridized carbons (Fsp3) is 0.444. The van der Waals surface area contributed by atoms with E-state index in [0.29, 0.717) is 19.7 Å². The van der Waals surface area contributed by atoms with Crippen LogP contribution in [0.4, 0.5) is 0 Å². The fourth-order valence-corrected chi connectivity index (χ4v) is 7.12. The summed E-state index contributed by atoms with van der Waals surface area (Å²) >= 11 is 0. The molecule has 7 nitrogen and oxygen atoms in total. The first kappa shape index (κ1) is 24.2. The molecule has 0 spiro atoms. The van der Waals surface area contributed by atoms with Gasteiger partial charge in [-0.3, -0.25) is 4.90 Å². The number of rotatable bonds is 6. The third-order valence-corrected chi connectivity index (χ3v) is 9.17. The Morgan fingerprint density at radius 3 is 2.51 bits per heavy atom. The molecule has 1 aromatic heterocycles. The summed E-state index contributed by atoms with van der Waals surface area (Å²) in [6.45, 7) is 4.69. The number of sulfonamides is 1. The number of hydrogen-bond acceptors (Lipinski definition) is 5. The Bertz CT molecular complexity index is 1270. The Kier molecular flexibility index (Phi) is 6.81. The molecule has 35 heavy (non-hydrogen) atoms. The zero-order valence-electron chi connectivity index (χ0n) is 20.7. The van der Waals surface area contributed by atoms with Crippen molar-refractivity contribution in [1.29, 1.82) is 0 Å². The first-order chi connectivity index (χ1) is 16.9. The van der Waals surface area contributed by atoms with Crippen LogP contribution in [0, 0.1) is 6.92 Å². The van der Waals surface area contributed by atoms with Crippen molar-refractivity contribution in [2.24, 2.45) is 7.05 Å². The Balaban J connectivity index is 1.43. The molecule has 2 aliphatic heterocycles. The summed E-state index contributed by atoms with van der Waals surface area (Å²) in [6, 6.07) is 17.7. The van der Waals surface area contributed by atoms with Crippen molar-refractivity contribution < 1.29 is 13.2 Å². The molecule has 0 unspecified atom stereocenters. The van der Waals surface area contributed by atoms with Gasteiger partial charge in [0.1, 0.15) is 0 Å². The number of benzene rings is 2. The quantitative estimate of drug-likeness (QED) is 0.523. The van der Waals surface area contributed by atoms with Gasteiger partial charge in [0.2, 0.25) is 0 Å². The van der Waals surface area contributed by atoms with Crippen molar-refractivity contribution >= 4 is 10.0 Å². The highest BCUT2D eigenvalue weighted by Crippen LogP contribution is 2.43. The summed E-state index contributed by atoms with van der Waals surface area (Å²) in [4.78, 5) is 6.59. The van der Waals surface area contributed by atoms with Gasteiger partial charge in [0.25, 0.3) is 10.0 Å². The zero-order chi connectivity index (χ0) is 24.6. The Labute approximate surface area is 208 Å². The minimum atomic E-state index is -3.64. The van der Waals surface area contributed by atoms with E-state index in [1.54, 1.807) is 35.6 Å². The highest BCUT2D eigenvalue weighted by atomic mass is 32.2. The van der Waals surface area contributed by atoms with Crippen LogP contribution >= 0.6 is 0 Å². The van der Waals surface area contributed by atoms with E-state index in [1.165, 1.54) is 22.3 Å². The van der Waals surface area contributed by atoms with Gasteiger partial charge in [0, 0.05) is 51.4 Å². The molecule has 0 N–H and O–H groups in total. The van der Waals surface area contributed by atoms with Crippen LogP contribution in [0.1, 0.15) is 29.9 Å². The van der Waals surface area contributed by atoms with Gasteiger partial charge >= 0.3 is 0 Å². The van der Waals surface area contributed by atoms with E-state index in [2.05, 4.69) is 65.3 Å². The Morgan fingerprint density at radius 1 is 1.06 bits per heavy atom. The molecule has 186 valence electrons. The average molecular weight is 495 g/mol. The second-order valence-electron chi connectivity index (χ2n) is 9.79. The molecule has 5 rings (SSSR count). The summed E-state index contributed by atoms with van der Waals surface area (Å²) in [5, 5.41) is 0.124. The minimum absolute atomic E-state index is 0.110. The standard InChI is InChI=1S/C27H34N4O3S/c1-20-7-6-8-23(15-20)21-9-11-22(12-10-21)27-24-16-30(35(32,33)26-17-29(2)19-28-26)13-4-5-14-31(24)25(27)18-34-3/h6-12,15,17,19,24-25,27H,4-5,13-14,16,18H2,1-3H3/t24-,25+,27-/m0/s1. The second kappa shape index (κ2) is 9.85. The number of aryl methyl sites for hydroxylation is 2. The second-order valence-corrected chi connectivity index (χ2v) is 11.7. The average Bonchev–Trinajstić information content (AvgIpc) is 3.27. The molecule has 0 amide bonds. The van der Waals surface area contributed by atoms with E-state index in [9.17, 15) is 8.42 Å². The molecule has 2 aliphatic rings. The number of nitrogens with zero attached hydrogens (tertiary/aromatic N) is 4. The number of imidazole rings is 1. The summed E-state index contributed by atoms with van der Waals surface area (Å²) < 4.78 is 35.8. The van der Waals surface area contributed by atoms with E-state index in [-0.39, 0.29) is 23.0 Å². The molecule has 0 aliphatic carbocycles. The van der Waals surface area contributed by atoms with Crippen LogP contribution in [0.25, 0.3) is 11.1 Å². The lowest BCUT2D eigenvalue weighted by Crippen LogP contribution is -2.68. The lowest BCUT2D eigenvalue weighted by atomic mass is 9.74. The maximum Gasteiger partial charge on any atom is 0.262 e. The molecule has 3 heterocycles. The van der Waals surface area contributed by atoms with E-state index in [1.807, 2.05) is 0 Å². The molecule has 3 atom stereocenters. The minimum Gasteiger partial charge on any atom is -0.383 e. The van der Waals surface area contributed by atoms with Crippen molar-refractivity contribution in [1.82, 2.24) is 18.8 Å². The topological polar surface area (TPSA) is 67.7 Å². The van der Waals surface area contributed by atoms with E-state index in [0.717, 1.165) is 19.4 Å². The highest BCUT2D eigenvalue weighted by molar-refractivity contribution is 7.89. The van der Waals surface area contributed by atoms with Crippen molar-refractivity contribution in [2.45, 2.75) is 42.8 Å². The van der Waals surface area contributed by atoms with E-state index < -0.39 is 10.0 Å². The maximum atomic E-state index is 13.4. The Morgan fingerprint density at radius 2 is 1.83 bits per heavy atom. The summed E-state index contributed by atoms with van der Waals surface area (Å²) in [6.07, 6.45) is 4.93. The number of fused-ring (bicyclic) bond motifs is 1. The van der Waals surface area contributed by atoms with Gasteiger partial charge in [0.15, 0.2) is 5.03 Å². The van der Waals surface area contributed by atoms with Crippen LogP contribution in [-0.2, 0) is 21.8 Å². The zero-order valence-corrected chi connectivity index (χ0v) is 21.5. The van der Waals surface area contributed by atoms with E-state index in [4.69, 9.17) is 4.74 Å². The monoisotopic (exact) mass is 494 g/mol. The molecule has 2 saturated heterocycles. The lowest BCUT2D eigenvalue weighted by molar-refractivity contribution is -0.0635. The van der Waals surface area contributed by atoms with Crippen molar-refractivity contribution in [3.63, 3.8) is 0 Å². The largest absolute Gasteiger partial charge is 0.383 e. The number of ether oxygens (including phenoxy) is 1. The molecule has 0 radical (unpaired) electrons. The van der Waals surface area contributed by atoms with Crippen LogP contribution in [0.3, 0.4) is 0 Å². The summed E-state index contributed by atoms with van der Waals surface area (Å²) in [5.41, 5.74) is 4.87. The molecule has 0 bridgehead atoms. The normalized spacial score (nSPS) is 23.8. The highest BCUT2D eigenvalue weighted by Gasteiger charge is 2.50. The Hall–Kier alpha value is -2.52. The fourth-order valence-electron chi connectivity index (χ4n) is 5.66. The third kappa shape index (κ3) is 4.68. The third-order valence-electron chi connectivity index (χ3n) is 7.42. The maximum absolute atomic E-state index is 13.4. The van der Waals surface area contributed by atoms with Gasteiger partial charge in [-0.25, -0.2) is 13.4 Å². The molecular formula is C27H34N4O3S. The van der Waals surface area contributed by atoms with Gasteiger partial charge in [-0.2, -0.15) is 4.31 Å². The van der Waals surface area contributed by atoms with Gasteiger partial charge < -0.3 is 9.30 Å². The number of methoxy groups -OCH3 is 1. The molecule has 3 aromatic rings. The van der Waals surface area contributed by atoms with Gasteiger partial charge in [-0.05, 0) is 43.0 Å². The molecule has 8 heteroatoms. The first-order valence-electron chi connectivity index (χ1n) is 12.3. The van der Waals surface area contributed by atoms with Crippen LogP contribution in [0.15, 0.2) is 66.1 Å².